The van der Waals surface area contributed by atoms with E-state index in [4.69, 9.17) is 26.5 Å². The third kappa shape index (κ3) is 6.75. The van der Waals surface area contributed by atoms with Gasteiger partial charge >= 0.3 is 0 Å². The summed E-state index contributed by atoms with van der Waals surface area (Å²) in [6.45, 7) is 8.72. The Kier molecular flexibility index (Phi) is 9.09. The molecule has 1 amide bonds. The van der Waals surface area contributed by atoms with Crippen molar-refractivity contribution in [2.75, 3.05) is 48.9 Å². The number of carbonyl (C=O) groups is 1. The van der Waals surface area contributed by atoms with Crippen molar-refractivity contribution in [1.29, 1.82) is 0 Å². The zero-order valence-electron chi connectivity index (χ0n) is 24.0. The van der Waals surface area contributed by atoms with E-state index in [0.29, 0.717) is 34.8 Å². The molecule has 1 aromatic carbocycles. The maximum absolute atomic E-state index is 14.1. The number of nitrogens with one attached hydrogen (secondary N) is 1. The van der Waals surface area contributed by atoms with Crippen LogP contribution < -0.4 is 19.4 Å². The normalized spacial score (nSPS) is 11.3. The van der Waals surface area contributed by atoms with Crippen LogP contribution in [0.4, 0.5) is 27.5 Å². The van der Waals surface area contributed by atoms with Crippen molar-refractivity contribution in [2.24, 2.45) is 7.05 Å². The SMILES string of the molecule is C=CC(=O)Nc1cc(N(Cl)c2nccc(-c3cn(C)c4ccc(F)cc34)n2)c(OC(C)C)nc1N(C)CCN(C)C. The standard InChI is InChI=1S/C29H34ClFN8O2/c1-8-26(40)33-23-16-25(28(41-18(2)3)35-27(23)37(6)14-13-36(4)5)39(30)29-32-12-11-22(34-29)21-17-38(7)24-10-9-19(31)15-20(21)24/h8-12,15-18H,1,13-14H2,2-7H3,(H,33,40). The van der Waals surface area contributed by atoms with Crippen molar-refractivity contribution in [3.05, 3.63) is 61.2 Å². The highest BCUT2D eigenvalue weighted by Gasteiger charge is 2.24. The molecule has 0 aliphatic rings. The highest BCUT2D eigenvalue weighted by Crippen LogP contribution is 2.40. The van der Waals surface area contributed by atoms with Crippen LogP contribution in [-0.2, 0) is 11.8 Å². The first-order chi connectivity index (χ1) is 19.5. The average molecular weight is 581 g/mol. The molecule has 10 nitrogen and oxygen atoms in total. The van der Waals surface area contributed by atoms with Gasteiger partial charge in [-0.1, -0.05) is 6.58 Å². The number of hydrogen-bond acceptors (Lipinski definition) is 8. The predicted molar refractivity (Wildman–Crippen MR) is 163 cm³/mol. The van der Waals surface area contributed by atoms with Crippen molar-refractivity contribution in [2.45, 2.75) is 20.0 Å². The topological polar surface area (TPSA) is 91.6 Å². The van der Waals surface area contributed by atoms with Crippen molar-refractivity contribution >= 4 is 51.7 Å². The number of halogens is 2. The Morgan fingerprint density at radius 3 is 2.63 bits per heavy atom. The number of anilines is 4. The summed E-state index contributed by atoms with van der Waals surface area (Å²) in [4.78, 5) is 30.2. The Bertz CT molecular complexity index is 1570. The Labute approximate surface area is 244 Å². The molecule has 0 saturated carbocycles. The fourth-order valence-corrected chi connectivity index (χ4v) is 4.42. The van der Waals surface area contributed by atoms with Crippen LogP contribution in [0.2, 0.25) is 0 Å². The van der Waals surface area contributed by atoms with Crippen LogP contribution in [0.25, 0.3) is 22.2 Å². The first kappa shape index (κ1) is 29.8. The first-order valence-electron chi connectivity index (χ1n) is 13.0. The number of carbonyl (C=O) groups excluding carboxylic acids is 1. The lowest BCUT2D eigenvalue weighted by Crippen LogP contribution is -2.30. The minimum atomic E-state index is -0.403. The van der Waals surface area contributed by atoms with Crippen molar-refractivity contribution in [3.63, 3.8) is 0 Å². The molecule has 0 fully saturated rings. The Hall–Kier alpha value is -4.22. The summed E-state index contributed by atoms with van der Waals surface area (Å²) in [7, 11) is 7.72. The van der Waals surface area contributed by atoms with Crippen molar-refractivity contribution < 1.29 is 13.9 Å². The van der Waals surface area contributed by atoms with Gasteiger partial charge in [0, 0.05) is 67.8 Å². The summed E-state index contributed by atoms with van der Waals surface area (Å²) in [5, 5.41) is 3.54. The molecule has 0 radical (unpaired) electrons. The lowest BCUT2D eigenvalue weighted by atomic mass is 10.1. The van der Waals surface area contributed by atoms with Gasteiger partial charge in [-0.2, -0.15) is 4.98 Å². The predicted octanol–water partition coefficient (Wildman–Crippen LogP) is 5.37. The van der Waals surface area contributed by atoms with Crippen LogP contribution in [-0.4, -0.2) is 70.7 Å². The molecule has 4 aromatic rings. The highest BCUT2D eigenvalue weighted by atomic mass is 35.5. The molecule has 3 heterocycles. The fraction of sp³-hybridized carbons (Fsp3) is 0.310. The summed E-state index contributed by atoms with van der Waals surface area (Å²) >= 11 is 6.88. The number of rotatable bonds is 11. The van der Waals surface area contributed by atoms with Crippen LogP contribution in [0.3, 0.4) is 0 Å². The van der Waals surface area contributed by atoms with E-state index in [1.165, 1.54) is 22.6 Å². The van der Waals surface area contributed by atoms with E-state index in [1.807, 2.05) is 62.6 Å². The van der Waals surface area contributed by atoms with Gasteiger partial charge in [0.2, 0.25) is 17.7 Å². The number of aromatic nitrogens is 4. The van der Waals surface area contributed by atoms with Gasteiger partial charge in [-0.05, 0) is 64.4 Å². The lowest BCUT2D eigenvalue weighted by Gasteiger charge is -2.26. The zero-order chi connectivity index (χ0) is 29.8. The number of pyridine rings is 1. The molecule has 0 atom stereocenters. The molecule has 12 heteroatoms. The Balaban J connectivity index is 1.81. The average Bonchev–Trinajstić information content (AvgIpc) is 3.26. The van der Waals surface area contributed by atoms with Gasteiger partial charge < -0.3 is 24.4 Å². The van der Waals surface area contributed by atoms with Crippen LogP contribution in [0.1, 0.15) is 13.8 Å². The second-order valence-corrected chi connectivity index (χ2v) is 10.4. The van der Waals surface area contributed by atoms with E-state index in [-0.39, 0.29) is 23.7 Å². The quantitative estimate of drug-likeness (QED) is 0.187. The molecule has 0 unspecified atom stereocenters. The molecule has 0 spiro atoms. The molecular weight excluding hydrogens is 547 g/mol. The third-order valence-electron chi connectivity index (χ3n) is 6.24. The van der Waals surface area contributed by atoms with Gasteiger partial charge in [0.1, 0.15) is 11.5 Å². The molecule has 216 valence electrons. The molecule has 41 heavy (non-hydrogen) atoms. The summed E-state index contributed by atoms with van der Waals surface area (Å²) in [5.41, 5.74) is 2.87. The van der Waals surface area contributed by atoms with E-state index in [1.54, 1.807) is 24.4 Å². The van der Waals surface area contributed by atoms with E-state index in [0.717, 1.165) is 17.6 Å². The van der Waals surface area contributed by atoms with Crippen LogP contribution in [0, 0.1) is 5.82 Å². The molecule has 3 aromatic heterocycles. The minimum Gasteiger partial charge on any atom is -0.473 e. The van der Waals surface area contributed by atoms with Crippen molar-refractivity contribution in [3.8, 4) is 17.1 Å². The van der Waals surface area contributed by atoms with Gasteiger partial charge in [-0.25, -0.2) is 18.8 Å². The summed E-state index contributed by atoms with van der Waals surface area (Å²) in [5.74, 6) is 0.130. The van der Waals surface area contributed by atoms with Crippen molar-refractivity contribution in [1.82, 2.24) is 24.4 Å². The minimum absolute atomic E-state index is 0.141. The van der Waals surface area contributed by atoms with Crippen LogP contribution in [0.5, 0.6) is 5.88 Å². The lowest BCUT2D eigenvalue weighted by molar-refractivity contribution is -0.111. The molecule has 4 rings (SSSR count). The molecular formula is C29H34ClFN8O2. The fourth-order valence-electron chi connectivity index (χ4n) is 4.22. The summed E-state index contributed by atoms with van der Waals surface area (Å²) in [6.07, 6.45) is 4.41. The van der Waals surface area contributed by atoms with Gasteiger partial charge in [0.15, 0.2) is 5.82 Å². The number of amides is 1. The number of benzene rings is 1. The van der Waals surface area contributed by atoms with E-state index in [2.05, 4.69) is 16.9 Å². The van der Waals surface area contributed by atoms with Gasteiger partial charge in [0.25, 0.3) is 0 Å². The van der Waals surface area contributed by atoms with Crippen LogP contribution in [0.15, 0.2) is 55.4 Å². The molecule has 1 N–H and O–H groups in total. The van der Waals surface area contributed by atoms with Gasteiger partial charge in [0.05, 0.1) is 17.5 Å². The molecule has 0 aliphatic carbocycles. The second kappa shape index (κ2) is 12.5. The molecule has 0 bridgehead atoms. The van der Waals surface area contributed by atoms with E-state index >= 15 is 0 Å². The summed E-state index contributed by atoms with van der Waals surface area (Å²) < 4.78 is 23.3. The third-order valence-corrected chi connectivity index (χ3v) is 6.57. The number of ether oxygens (including phenoxy) is 1. The smallest absolute Gasteiger partial charge is 0.247 e. The Morgan fingerprint density at radius 1 is 1.20 bits per heavy atom. The maximum atomic E-state index is 14.1. The number of likely N-dealkylation sites (N-methyl/N-ethyl adjacent to an activating group) is 2. The number of fused-ring (bicyclic) bond motifs is 1. The van der Waals surface area contributed by atoms with E-state index < -0.39 is 5.91 Å². The summed E-state index contributed by atoms with van der Waals surface area (Å²) in [6, 6.07) is 8.02. The number of nitrogens with zero attached hydrogens (tertiary/aromatic N) is 7. The second-order valence-electron chi connectivity index (χ2n) is 10.1. The zero-order valence-corrected chi connectivity index (χ0v) is 24.8. The van der Waals surface area contributed by atoms with E-state index in [9.17, 15) is 9.18 Å². The van der Waals surface area contributed by atoms with Gasteiger partial charge in [-0.15, -0.1) is 0 Å². The first-order valence-corrected chi connectivity index (χ1v) is 13.4. The maximum Gasteiger partial charge on any atom is 0.247 e. The van der Waals surface area contributed by atoms with Crippen LogP contribution >= 0.6 is 11.8 Å². The molecule has 0 aliphatic heterocycles. The monoisotopic (exact) mass is 580 g/mol. The number of aryl methyl sites for hydroxylation is 1. The largest absolute Gasteiger partial charge is 0.473 e. The van der Waals surface area contributed by atoms with Gasteiger partial charge in [-0.3, -0.25) is 4.79 Å². The molecule has 0 saturated heterocycles. The number of hydrogen-bond donors (Lipinski definition) is 1. The Morgan fingerprint density at radius 2 is 1.95 bits per heavy atom. The highest BCUT2D eigenvalue weighted by molar-refractivity contribution is 6.29.